The molecule has 2 rings (SSSR count). The van der Waals surface area contributed by atoms with E-state index in [1.54, 1.807) is 0 Å². The summed E-state index contributed by atoms with van der Waals surface area (Å²) in [6.07, 6.45) is 0.306. The van der Waals surface area contributed by atoms with Crippen molar-refractivity contribution in [3.8, 4) is 11.5 Å². The average Bonchev–Trinajstić information content (AvgIpc) is 2.54. The Hall–Kier alpha value is -2.49. The Labute approximate surface area is 137 Å². The van der Waals surface area contributed by atoms with Gasteiger partial charge in [-0.1, -0.05) is 12.1 Å². The topological polar surface area (TPSA) is 47.6 Å². The van der Waals surface area contributed by atoms with E-state index in [2.05, 4.69) is 5.32 Å². The number of carbonyl (C=O) groups is 1. The van der Waals surface area contributed by atoms with E-state index >= 15 is 0 Å². The van der Waals surface area contributed by atoms with Crippen molar-refractivity contribution in [1.29, 1.82) is 0 Å². The van der Waals surface area contributed by atoms with Gasteiger partial charge in [0.1, 0.15) is 11.5 Å². The number of hydrogen-bond acceptors (Lipinski definition) is 3. The summed E-state index contributed by atoms with van der Waals surface area (Å²) < 4.78 is 11.0. The van der Waals surface area contributed by atoms with Gasteiger partial charge >= 0.3 is 0 Å². The second kappa shape index (κ2) is 8.22. The highest BCUT2D eigenvalue weighted by molar-refractivity contribution is 5.91. The maximum atomic E-state index is 12.0. The van der Waals surface area contributed by atoms with Gasteiger partial charge < -0.3 is 14.8 Å². The smallest absolute Gasteiger partial charge is 0.227 e. The van der Waals surface area contributed by atoms with Crippen LogP contribution in [-0.2, 0) is 4.79 Å². The minimum atomic E-state index is -0.0513. The minimum absolute atomic E-state index is 0.0513. The molecule has 0 spiro atoms. The van der Waals surface area contributed by atoms with Crippen LogP contribution in [0.15, 0.2) is 42.5 Å². The monoisotopic (exact) mass is 313 g/mol. The second-order valence-corrected chi connectivity index (χ2v) is 5.30. The number of amides is 1. The van der Waals surface area contributed by atoms with Crippen molar-refractivity contribution in [1.82, 2.24) is 0 Å². The first-order valence-electron chi connectivity index (χ1n) is 7.82. The lowest BCUT2D eigenvalue weighted by Gasteiger charge is -2.11. The van der Waals surface area contributed by atoms with E-state index < -0.39 is 0 Å². The van der Waals surface area contributed by atoms with E-state index in [1.165, 1.54) is 0 Å². The lowest BCUT2D eigenvalue weighted by atomic mass is 10.1. The Morgan fingerprint density at radius 2 is 1.65 bits per heavy atom. The van der Waals surface area contributed by atoms with Crippen molar-refractivity contribution in [2.24, 2.45) is 0 Å². The van der Waals surface area contributed by atoms with Gasteiger partial charge in [-0.25, -0.2) is 0 Å². The van der Waals surface area contributed by atoms with Gasteiger partial charge in [0.25, 0.3) is 0 Å². The standard InChI is InChI=1S/C19H23NO3/c1-4-22-16-8-10-17(11-9-16)23-13-12-19(21)20-18-7-5-6-14(2)15(18)3/h5-11H,4,12-13H2,1-3H3,(H,20,21). The summed E-state index contributed by atoms with van der Waals surface area (Å²) in [5.74, 6) is 1.49. The maximum Gasteiger partial charge on any atom is 0.227 e. The van der Waals surface area contributed by atoms with Crippen LogP contribution in [0.3, 0.4) is 0 Å². The number of ether oxygens (including phenoxy) is 2. The second-order valence-electron chi connectivity index (χ2n) is 5.30. The number of hydrogen-bond donors (Lipinski definition) is 1. The molecule has 122 valence electrons. The zero-order valence-corrected chi connectivity index (χ0v) is 13.9. The van der Waals surface area contributed by atoms with Crippen molar-refractivity contribution in [2.75, 3.05) is 18.5 Å². The molecule has 0 aliphatic heterocycles. The van der Waals surface area contributed by atoms with E-state index in [9.17, 15) is 4.79 Å². The fourth-order valence-electron chi connectivity index (χ4n) is 2.16. The third-order valence-corrected chi connectivity index (χ3v) is 3.61. The zero-order valence-electron chi connectivity index (χ0n) is 13.9. The molecular weight excluding hydrogens is 290 g/mol. The summed E-state index contributed by atoms with van der Waals surface area (Å²) >= 11 is 0. The molecule has 4 nitrogen and oxygen atoms in total. The summed E-state index contributed by atoms with van der Waals surface area (Å²) in [7, 11) is 0. The Morgan fingerprint density at radius 3 is 2.30 bits per heavy atom. The summed E-state index contributed by atoms with van der Waals surface area (Å²) in [5, 5.41) is 2.92. The van der Waals surface area contributed by atoms with Crippen LogP contribution in [0.5, 0.6) is 11.5 Å². The van der Waals surface area contributed by atoms with E-state index in [-0.39, 0.29) is 5.91 Å². The van der Waals surface area contributed by atoms with Gasteiger partial charge in [0, 0.05) is 5.69 Å². The Morgan fingerprint density at radius 1 is 1.00 bits per heavy atom. The van der Waals surface area contributed by atoms with Gasteiger partial charge in [-0.2, -0.15) is 0 Å². The van der Waals surface area contributed by atoms with E-state index in [0.29, 0.717) is 19.6 Å². The molecule has 0 atom stereocenters. The Bertz CT molecular complexity index is 650. The minimum Gasteiger partial charge on any atom is -0.494 e. The van der Waals surface area contributed by atoms with Gasteiger partial charge in [0.2, 0.25) is 5.91 Å². The molecule has 0 saturated heterocycles. The van der Waals surface area contributed by atoms with Crippen molar-refractivity contribution in [3.63, 3.8) is 0 Å². The van der Waals surface area contributed by atoms with Gasteiger partial charge in [-0.15, -0.1) is 0 Å². The normalized spacial score (nSPS) is 10.2. The Balaban J connectivity index is 1.79. The quantitative estimate of drug-likeness (QED) is 0.837. The van der Waals surface area contributed by atoms with E-state index in [4.69, 9.17) is 9.47 Å². The van der Waals surface area contributed by atoms with Crippen molar-refractivity contribution in [3.05, 3.63) is 53.6 Å². The molecule has 1 N–H and O–H groups in total. The number of aryl methyl sites for hydroxylation is 1. The molecule has 0 unspecified atom stereocenters. The number of nitrogens with one attached hydrogen (secondary N) is 1. The molecule has 2 aromatic rings. The average molecular weight is 313 g/mol. The predicted molar refractivity (Wildman–Crippen MR) is 92.3 cm³/mol. The molecule has 4 heteroatoms. The summed E-state index contributed by atoms with van der Waals surface area (Å²) in [4.78, 5) is 12.0. The van der Waals surface area contributed by atoms with Crippen molar-refractivity contribution >= 4 is 11.6 Å². The third kappa shape index (κ3) is 5.02. The molecule has 0 aromatic heterocycles. The molecule has 2 aromatic carbocycles. The molecule has 0 saturated carbocycles. The molecular formula is C19H23NO3. The highest BCUT2D eigenvalue weighted by atomic mass is 16.5. The first-order valence-corrected chi connectivity index (χ1v) is 7.82. The predicted octanol–water partition coefficient (Wildman–Crippen LogP) is 4.11. The first kappa shape index (κ1) is 16.9. The van der Waals surface area contributed by atoms with Gasteiger partial charge in [-0.3, -0.25) is 4.79 Å². The summed E-state index contributed by atoms with van der Waals surface area (Å²) in [6, 6.07) is 13.3. The number of rotatable bonds is 7. The number of benzene rings is 2. The molecule has 0 fully saturated rings. The van der Waals surface area contributed by atoms with Crippen LogP contribution < -0.4 is 14.8 Å². The van der Waals surface area contributed by atoms with Crippen LogP contribution >= 0.6 is 0 Å². The summed E-state index contributed by atoms with van der Waals surface area (Å²) in [6.45, 7) is 6.95. The molecule has 0 heterocycles. The van der Waals surface area contributed by atoms with Crippen LogP contribution in [0.1, 0.15) is 24.5 Å². The van der Waals surface area contributed by atoms with Crippen LogP contribution in [-0.4, -0.2) is 19.1 Å². The highest BCUT2D eigenvalue weighted by Crippen LogP contribution is 2.19. The lowest BCUT2D eigenvalue weighted by molar-refractivity contribution is -0.116. The SMILES string of the molecule is CCOc1ccc(OCCC(=O)Nc2cccc(C)c2C)cc1. The molecule has 0 radical (unpaired) electrons. The van der Waals surface area contributed by atoms with Crippen LogP contribution in [0, 0.1) is 13.8 Å². The number of carbonyl (C=O) groups excluding carboxylic acids is 1. The molecule has 0 aliphatic carbocycles. The van der Waals surface area contributed by atoms with E-state index in [1.807, 2.05) is 63.2 Å². The highest BCUT2D eigenvalue weighted by Gasteiger charge is 2.06. The van der Waals surface area contributed by atoms with Crippen LogP contribution in [0.25, 0.3) is 0 Å². The van der Waals surface area contributed by atoms with Crippen molar-refractivity contribution < 1.29 is 14.3 Å². The van der Waals surface area contributed by atoms with Gasteiger partial charge in [0.15, 0.2) is 0 Å². The van der Waals surface area contributed by atoms with E-state index in [0.717, 1.165) is 28.3 Å². The molecule has 1 amide bonds. The van der Waals surface area contributed by atoms with Crippen LogP contribution in [0.2, 0.25) is 0 Å². The Kier molecular flexibility index (Phi) is 6.03. The number of anilines is 1. The molecule has 0 bridgehead atoms. The van der Waals surface area contributed by atoms with Crippen LogP contribution in [0.4, 0.5) is 5.69 Å². The lowest BCUT2D eigenvalue weighted by Crippen LogP contribution is -2.16. The van der Waals surface area contributed by atoms with Gasteiger partial charge in [0.05, 0.1) is 19.6 Å². The van der Waals surface area contributed by atoms with Gasteiger partial charge in [-0.05, 0) is 62.2 Å². The fourth-order valence-corrected chi connectivity index (χ4v) is 2.16. The van der Waals surface area contributed by atoms with Crippen molar-refractivity contribution in [2.45, 2.75) is 27.2 Å². The third-order valence-electron chi connectivity index (χ3n) is 3.61. The maximum absolute atomic E-state index is 12.0. The zero-order chi connectivity index (χ0) is 16.7. The molecule has 0 aliphatic rings. The fraction of sp³-hybridized carbons (Fsp3) is 0.316. The first-order chi connectivity index (χ1) is 11.1. The largest absolute Gasteiger partial charge is 0.494 e. The molecule has 23 heavy (non-hydrogen) atoms. The summed E-state index contributed by atoms with van der Waals surface area (Å²) in [5.41, 5.74) is 3.11.